The van der Waals surface area contributed by atoms with Gasteiger partial charge in [-0.3, -0.25) is 4.55 Å². The number of aliphatic hydroxyl groups excluding tert-OH is 1. The molecule has 5 nitrogen and oxygen atoms in total. The first-order valence-electron chi connectivity index (χ1n) is 4.00. The Morgan fingerprint density at radius 3 is 2.15 bits per heavy atom. The second-order valence-corrected chi connectivity index (χ2v) is 4.45. The van der Waals surface area contributed by atoms with Crippen molar-refractivity contribution in [1.82, 2.24) is 4.90 Å². The summed E-state index contributed by atoms with van der Waals surface area (Å²) in [4.78, 5) is 1.55. The third-order valence-corrected chi connectivity index (χ3v) is 2.54. The highest BCUT2D eigenvalue weighted by Gasteiger charge is 2.32. The Kier molecular flexibility index (Phi) is 4.83. The van der Waals surface area contributed by atoms with Gasteiger partial charge in [-0.15, -0.1) is 0 Å². The molecule has 0 amide bonds. The molecule has 1 radical (unpaired) electrons. The van der Waals surface area contributed by atoms with Gasteiger partial charge in [-0.2, -0.15) is 8.42 Å². The van der Waals surface area contributed by atoms with Crippen LogP contribution in [0.4, 0.5) is 0 Å². The van der Waals surface area contributed by atoms with E-state index in [2.05, 4.69) is 0 Å². The highest BCUT2D eigenvalue weighted by atomic mass is 32.2. The lowest BCUT2D eigenvalue weighted by molar-refractivity contribution is 0.192. The minimum absolute atomic E-state index is 0.485. The summed E-state index contributed by atoms with van der Waals surface area (Å²) < 4.78 is 29.8. The van der Waals surface area contributed by atoms with Gasteiger partial charge in [0, 0.05) is 0 Å². The van der Waals surface area contributed by atoms with Crippen molar-refractivity contribution < 1.29 is 18.1 Å². The first-order valence-corrected chi connectivity index (χ1v) is 5.44. The summed E-state index contributed by atoms with van der Waals surface area (Å²) in [6.07, 6.45) is 1.21. The quantitative estimate of drug-likeness (QED) is 0.645. The molecule has 0 aliphatic heterocycles. The van der Waals surface area contributed by atoms with Gasteiger partial charge in [0.1, 0.15) is 0 Å². The van der Waals surface area contributed by atoms with E-state index in [-0.39, 0.29) is 0 Å². The van der Waals surface area contributed by atoms with Crippen molar-refractivity contribution in [3.05, 3.63) is 5.44 Å². The molecule has 0 fully saturated rings. The van der Waals surface area contributed by atoms with Crippen LogP contribution < -0.4 is 0 Å². The van der Waals surface area contributed by atoms with E-state index in [1.807, 2.05) is 6.92 Å². The third kappa shape index (κ3) is 4.04. The second kappa shape index (κ2) is 4.90. The van der Waals surface area contributed by atoms with Gasteiger partial charge in [-0.05, 0) is 20.5 Å². The number of aliphatic hydroxyl groups is 1. The van der Waals surface area contributed by atoms with E-state index >= 15 is 0 Å². The maximum atomic E-state index is 10.6. The summed E-state index contributed by atoms with van der Waals surface area (Å²) >= 11 is 0. The Morgan fingerprint density at radius 1 is 1.46 bits per heavy atom. The van der Waals surface area contributed by atoms with Gasteiger partial charge in [0.25, 0.3) is 5.44 Å². The number of nitrogens with zero attached hydrogens (tertiary/aromatic N) is 1. The topological polar surface area (TPSA) is 77.8 Å². The van der Waals surface area contributed by atoms with Crippen LogP contribution in [0, 0.1) is 5.44 Å². The normalized spacial score (nSPS) is 15.3. The van der Waals surface area contributed by atoms with Crippen molar-refractivity contribution in [3.63, 3.8) is 0 Å². The lowest BCUT2D eigenvalue weighted by atomic mass is 10.1. The molecule has 0 rings (SSSR count). The van der Waals surface area contributed by atoms with E-state index in [9.17, 15) is 13.5 Å². The average Bonchev–Trinajstić information content (AvgIpc) is 1.96. The summed E-state index contributed by atoms with van der Waals surface area (Å²) in [5.41, 5.74) is -0.876. The molecule has 0 aromatic carbocycles. The van der Waals surface area contributed by atoms with E-state index in [1.54, 1.807) is 19.0 Å². The molecule has 0 saturated heterocycles. The molecule has 1 atom stereocenters. The largest absolute Gasteiger partial charge is 0.368 e. The predicted molar refractivity (Wildman–Crippen MR) is 49.1 cm³/mol. The Morgan fingerprint density at radius 2 is 1.92 bits per heavy atom. The average molecular weight is 210 g/mol. The van der Waals surface area contributed by atoms with Gasteiger partial charge in [-0.1, -0.05) is 13.3 Å². The fourth-order valence-electron chi connectivity index (χ4n) is 1.05. The van der Waals surface area contributed by atoms with Crippen molar-refractivity contribution in [2.24, 2.45) is 0 Å². The molecule has 0 bridgehead atoms. The number of likely N-dealkylation sites (N-methyl/N-ethyl adjacent to an activating group) is 1. The first-order chi connectivity index (χ1) is 5.80. The van der Waals surface area contributed by atoms with Gasteiger partial charge < -0.3 is 10.0 Å². The van der Waals surface area contributed by atoms with Gasteiger partial charge in [0.15, 0.2) is 0 Å². The van der Waals surface area contributed by atoms with Crippen LogP contribution in [-0.4, -0.2) is 43.1 Å². The van der Waals surface area contributed by atoms with Crippen LogP contribution >= 0.6 is 0 Å². The van der Waals surface area contributed by atoms with E-state index < -0.39 is 21.6 Å². The molecule has 0 aromatic rings. The SMILES string of the molecule is CCCC([C](O)S(=O)(=O)O)N(C)C. The molecule has 0 aromatic heterocycles. The molecule has 2 N–H and O–H groups in total. The Labute approximate surface area is 79.1 Å². The summed E-state index contributed by atoms with van der Waals surface area (Å²) in [6, 6.07) is -0.639. The maximum absolute atomic E-state index is 10.6. The molecule has 0 spiro atoms. The van der Waals surface area contributed by atoms with Gasteiger partial charge >= 0.3 is 10.1 Å². The number of hydrogen-bond acceptors (Lipinski definition) is 4. The summed E-state index contributed by atoms with van der Waals surface area (Å²) in [5, 5.41) is 9.18. The van der Waals surface area contributed by atoms with Crippen LogP contribution in [0.15, 0.2) is 0 Å². The molecule has 0 aliphatic carbocycles. The van der Waals surface area contributed by atoms with Crippen molar-refractivity contribution in [2.75, 3.05) is 14.1 Å². The zero-order valence-corrected chi connectivity index (χ0v) is 8.87. The fourth-order valence-corrected chi connectivity index (χ4v) is 1.72. The highest BCUT2D eigenvalue weighted by Crippen LogP contribution is 2.18. The lowest BCUT2D eigenvalue weighted by Gasteiger charge is -2.25. The van der Waals surface area contributed by atoms with Crippen LogP contribution in [-0.2, 0) is 10.1 Å². The van der Waals surface area contributed by atoms with Gasteiger partial charge in [-0.25, -0.2) is 0 Å². The minimum Gasteiger partial charge on any atom is -0.368 e. The van der Waals surface area contributed by atoms with Crippen molar-refractivity contribution in [3.8, 4) is 0 Å². The molecule has 6 heteroatoms. The smallest absolute Gasteiger partial charge is 0.300 e. The van der Waals surface area contributed by atoms with Gasteiger partial charge in [0.05, 0.1) is 6.04 Å². The Bertz CT molecular complexity index is 237. The first kappa shape index (κ1) is 12.8. The molecule has 0 saturated carbocycles. The van der Waals surface area contributed by atoms with Crippen LogP contribution in [0.1, 0.15) is 19.8 Å². The van der Waals surface area contributed by atoms with Crippen molar-refractivity contribution in [2.45, 2.75) is 25.8 Å². The summed E-state index contributed by atoms with van der Waals surface area (Å²) in [5.74, 6) is 0. The zero-order valence-electron chi connectivity index (χ0n) is 8.06. The van der Waals surface area contributed by atoms with E-state index in [0.29, 0.717) is 6.42 Å². The zero-order chi connectivity index (χ0) is 10.6. The second-order valence-electron chi connectivity index (χ2n) is 3.08. The highest BCUT2D eigenvalue weighted by molar-refractivity contribution is 7.88. The van der Waals surface area contributed by atoms with Crippen molar-refractivity contribution >= 4 is 10.1 Å². The summed E-state index contributed by atoms with van der Waals surface area (Å²) in [6.45, 7) is 1.87. The molecular weight excluding hydrogens is 194 g/mol. The van der Waals surface area contributed by atoms with Crippen LogP contribution in [0.3, 0.4) is 0 Å². The molecule has 13 heavy (non-hydrogen) atoms. The summed E-state index contributed by atoms with van der Waals surface area (Å²) in [7, 11) is -1.16. The Balaban J connectivity index is 4.56. The Hall–Kier alpha value is -0.170. The molecule has 1 unspecified atom stereocenters. The van der Waals surface area contributed by atoms with E-state index in [1.165, 1.54) is 0 Å². The standard InChI is InChI=1S/C7H16NO4S/c1-4-5-6(8(2)3)7(9)13(10,11)12/h6,9H,4-5H2,1-3H3,(H,10,11,12). The van der Waals surface area contributed by atoms with Crippen LogP contribution in [0.5, 0.6) is 0 Å². The van der Waals surface area contributed by atoms with E-state index in [0.717, 1.165) is 6.42 Å². The lowest BCUT2D eigenvalue weighted by Crippen LogP contribution is -2.37. The molecular formula is C7H16NO4S. The van der Waals surface area contributed by atoms with E-state index in [4.69, 9.17) is 4.55 Å². The monoisotopic (exact) mass is 210 g/mol. The molecule has 0 aliphatic rings. The minimum atomic E-state index is -4.44. The van der Waals surface area contributed by atoms with Crippen LogP contribution in [0.25, 0.3) is 0 Å². The van der Waals surface area contributed by atoms with Crippen molar-refractivity contribution in [1.29, 1.82) is 0 Å². The fraction of sp³-hybridized carbons (Fsp3) is 0.857. The molecule has 0 heterocycles. The number of rotatable bonds is 5. The predicted octanol–water partition coefficient (Wildman–Crippen LogP) is 0.466. The maximum Gasteiger partial charge on any atom is 0.300 e. The van der Waals surface area contributed by atoms with Crippen LogP contribution in [0.2, 0.25) is 0 Å². The third-order valence-electron chi connectivity index (χ3n) is 1.73. The molecule has 79 valence electrons. The van der Waals surface area contributed by atoms with Gasteiger partial charge in [0.2, 0.25) is 0 Å². The number of hydrogen-bond donors (Lipinski definition) is 2.